The lowest BCUT2D eigenvalue weighted by molar-refractivity contribution is 0.109. The molecular formula is C16H9FO2S. The Morgan fingerprint density at radius 1 is 1.10 bits per heavy atom. The van der Waals surface area contributed by atoms with E-state index in [1.54, 1.807) is 25.3 Å². The van der Waals surface area contributed by atoms with Crippen LogP contribution in [0.3, 0.4) is 0 Å². The summed E-state index contributed by atoms with van der Waals surface area (Å²) in [6, 6.07) is 10.2. The van der Waals surface area contributed by atoms with Gasteiger partial charge in [0.05, 0.1) is 7.11 Å². The van der Waals surface area contributed by atoms with Crippen molar-refractivity contribution in [2.24, 2.45) is 0 Å². The number of benzene rings is 3. The van der Waals surface area contributed by atoms with E-state index in [1.165, 1.54) is 23.9 Å². The number of rotatable bonds is 1. The second kappa shape index (κ2) is 3.96. The summed E-state index contributed by atoms with van der Waals surface area (Å²) in [7, 11) is 1.61. The summed E-state index contributed by atoms with van der Waals surface area (Å²) in [5.74, 6) is 0.434. The van der Waals surface area contributed by atoms with Crippen molar-refractivity contribution in [3.63, 3.8) is 0 Å². The van der Waals surface area contributed by atoms with Crippen molar-refractivity contribution in [3.05, 3.63) is 47.8 Å². The van der Waals surface area contributed by atoms with Crippen LogP contribution in [0, 0.1) is 5.82 Å². The van der Waals surface area contributed by atoms with Crippen molar-refractivity contribution in [1.82, 2.24) is 0 Å². The van der Waals surface area contributed by atoms with Gasteiger partial charge in [-0.2, -0.15) is 0 Å². The number of thioether (sulfide) groups is 1. The average Bonchev–Trinajstić information content (AvgIpc) is 2.79. The molecular weight excluding hydrogens is 275 g/mol. The van der Waals surface area contributed by atoms with Gasteiger partial charge in [-0.3, -0.25) is 4.79 Å². The molecule has 20 heavy (non-hydrogen) atoms. The Hall–Kier alpha value is -2.07. The predicted molar refractivity (Wildman–Crippen MR) is 78.2 cm³/mol. The Morgan fingerprint density at radius 3 is 2.75 bits per heavy atom. The van der Waals surface area contributed by atoms with Gasteiger partial charge in [-0.05, 0) is 52.9 Å². The SMILES string of the molecule is COc1ccc2c3c(c4cc(F)ccc4cc13)SC2=O. The molecule has 0 N–H and O–H groups in total. The fourth-order valence-electron chi connectivity index (χ4n) is 2.73. The monoisotopic (exact) mass is 284 g/mol. The molecule has 98 valence electrons. The first kappa shape index (κ1) is 11.7. The normalized spacial score (nSPS) is 13.4. The van der Waals surface area contributed by atoms with E-state index in [0.717, 1.165) is 32.2 Å². The summed E-state index contributed by atoms with van der Waals surface area (Å²) >= 11 is 1.17. The molecule has 0 fully saturated rings. The van der Waals surface area contributed by atoms with E-state index >= 15 is 0 Å². The van der Waals surface area contributed by atoms with Crippen molar-refractivity contribution in [2.75, 3.05) is 7.11 Å². The Morgan fingerprint density at radius 2 is 1.95 bits per heavy atom. The number of hydrogen-bond donors (Lipinski definition) is 0. The molecule has 4 rings (SSSR count). The number of ether oxygens (including phenoxy) is 1. The van der Waals surface area contributed by atoms with Crippen molar-refractivity contribution in [3.8, 4) is 5.75 Å². The predicted octanol–water partition coefficient (Wildman–Crippen LogP) is 4.39. The summed E-state index contributed by atoms with van der Waals surface area (Å²) in [6.45, 7) is 0. The van der Waals surface area contributed by atoms with Crippen molar-refractivity contribution in [2.45, 2.75) is 4.90 Å². The van der Waals surface area contributed by atoms with Crippen molar-refractivity contribution < 1.29 is 13.9 Å². The lowest BCUT2D eigenvalue weighted by Crippen LogP contribution is -1.90. The minimum absolute atomic E-state index is 0.00409. The summed E-state index contributed by atoms with van der Waals surface area (Å²) < 4.78 is 18.9. The zero-order valence-corrected chi connectivity index (χ0v) is 11.4. The standard InChI is InChI=1S/C16H9FO2S/c1-19-13-5-4-10-14-12(13)6-8-2-3-9(17)7-11(8)15(14)20-16(10)18/h2-7H,1H3. The molecule has 0 bridgehead atoms. The molecule has 0 spiro atoms. The number of fused-ring (bicyclic) bond motifs is 2. The fourth-order valence-corrected chi connectivity index (χ4v) is 3.81. The van der Waals surface area contributed by atoms with E-state index < -0.39 is 0 Å². The highest BCUT2D eigenvalue weighted by Gasteiger charge is 2.26. The van der Waals surface area contributed by atoms with Crippen molar-refractivity contribution >= 4 is 38.4 Å². The van der Waals surface area contributed by atoms with E-state index in [4.69, 9.17) is 4.74 Å². The van der Waals surface area contributed by atoms with Crippen molar-refractivity contribution in [1.29, 1.82) is 0 Å². The van der Waals surface area contributed by atoms with Crippen LogP contribution in [0.15, 0.2) is 41.3 Å². The molecule has 0 atom stereocenters. The van der Waals surface area contributed by atoms with E-state index in [1.807, 2.05) is 6.07 Å². The van der Waals surface area contributed by atoms with Crippen LogP contribution in [0.2, 0.25) is 0 Å². The Balaban J connectivity index is 2.27. The molecule has 0 saturated heterocycles. The molecule has 3 aromatic rings. The van der Waals surface area contributed by atoms with Crippen LogP contribution in [0.25, 0.3) is 21.5 Å². The molecule has 3 aromatic carbocycles. The van der Waals surface area contributed by atoms with Gasteiger partial charge >= 0.3 is 0 Å². The summed E-state index contributed by atoms with van der Waals surface area (Å²) in [5.41, 5.74) is 0.673. The van der Waals surface area contributed by atoms with E-state index in [9.17, 15) is 9.18 Å². The van der Waals surface area contributed by atoms with Crippen LogP contribution in [0.5, 0.6) is 5.75 Å². The van der Waals surface area contributed by atoms with Gasteiger partial charge in [0, 0.05) is 21.2 Å². The Kier molecular flexibility index (Phi) is 2.32. The van der Waals surface area contributed by atoms with E-state index in [2.05, 4.69) is 0 Å². The molecule has 1 heterocycles. The second-order valence-electron chi connectivity index (χ2n) is 4.70. The average molecular weight is 284 g/mol. The number of carbonyl (C=O) groups excluding carboxylic acids is 1. The smallest absolute Gasteiger partial charge is 0.224 e. The van der Waals surface area contributed by atoms with E-state index in [-0.39, 0.29) is 10.9 Å². The number of carbonyl (C=O) groups is 1. The summed E-state index contributed by atoms with van der Waals surface area (Å²) in [4.78, 5) is 12.9. The maximum Gasteiger partial charge on any atom is 0.224 e. The largest absolute Gasteiger partial charge is 0.496 e. The fraction of sp³-hybridized carbons (Fsp3) is 0.0625. The quantitative estimate of drug-likeness (QED) is 0.620. The Bertz CT molecular complexity index is 902. The van der Waals surface area contributed by atoms with Crippen LogP contribution in [0.4, 0.5) is 4.39 Å². The first-order valence-electron chi connectivity index (χ1n) is 6.14. The molecule has 0 amide bonds. The lowest BCUT2D eigenvalue weighted by atomic mass is 9.99. The van der Waals surface area contributed by atoms with Gasteiger partial charge in [0.15, 0.2) is 0 Å². The topological polar surface area (TPSA) is 26.3 Å². The number of halogens is 1. The van der Waals surface area contributed by atoms with Gasteiger partial charge in [-0.1, -0.05) is 6.07 Å². The first-order valence-corrected chi connectivity index (χ1v) is 6.96. The first-order chi connectivity index (χ1) is 9.69. The third-order valence-electron chi connectivity index (χ3n) is 3.63. The molecule has 1 aliphatic rings. The van der Waals surface area contributed by atoms with Gasteiger partial charge < -0.3 is 4.74 Å². The highest BCUT2D eigenvalue weighted by Crippen LogP contribution is 2.47. The molecule has 0 radical (unpaired) electrons. The highest BCUT2D eigenvalue weighted by atomic mass is 32.2. The van der Waals surface area contributed by atoms with Crippen LogP contribution in [-0.4, -0.2) is 12.2 Å². The number of hydrogen-bond acceptors (Lipinski definition) is 3. The molecule has 0 saturated carbocycles. The third-order valence-corrected chi connectivity index (χ3v) is 4.66. The molecule has 2 nitrogen and oxygen atoms in total. The summed E-state index contributed by atoms with van der Waals surface area (Å²) in [6.07, 6.45) is 0. The van der Waals surface area contributed by atoms with Crippen LogP contribution < -0.4 is 4.74 Å². The molecule has 0 aliphatic carbocycles. The minimum Gasteiger partial charge on any atom is -0.496 e. The number of methoxy groups -OCH3 is 1. The molecule has 1 aliphatic heterocycles. The second-order valence-corrected chi connectivity index (χ2v) is 5.68. The zero-order valence-electron chi connectivity index (χ0n) is 10.6. The van der Waals surface area contributed by atoms with E-state index in [0.29, 0.717) is 5.56 Å². The zero-order chi connectivity index (χ0) is 13.9. The van der Waals surface area contributed by atoms with Gasteiger partial charge in [-0.25, -0.2) is 4.39 Å². The highest BCUT2D eigenvalue weighted by molar-refractivity contribution is 8.15. The maximum absolute atomic E-state index is 13.5. The Labute approximate surface area is 118 Å². The van der Waals surface area contributed by atoms with Gasteiger partial charge in [-0.15, -0.1) is 0 Å². The molecule has 0 aromatic heterocycles. The molecule has 4 heteroatoms. The van der Waals surface area contributed by atoms with Crippen LogP contribution in [0.1, 0.15) is 10.4 Å². The van der Waals surface area contributed by atoms with Gasteiger partial charge in [0.2, 0.25) is 5.12 Å². The summed E-state index contributed by atoms with van der Waals surface area (Å²) in [5, 5.41) is 3.47. The van der Waals surface area contributed by atoms with Crippen LogP contribution in [-0.2, 0) is 0 Å². The van der Waals surface area contributed by atoms with Crippen LogP contribution >= 0.6 is 11.8 Å². The van der Waals surface area contributed by atoms with Gasteiger partial charge in [0.25, 0.3) is 0 Å². The molecule has 0 unspecified atom stereocenters. The minimum atomic E-state index is -0.294. The maximum atomic E-state index is 13.5. The lowest BCUT2D eigenvalue weighted by Gasteiger charge is -2.09. The van der Waals surface area contributed by atoms with Gasteiger partial charge in [0.1, 0.15) is 11.6 Å². The third kappa shape index (κ3) is 1.42.